The van der Waals surface area contributed by atoms with Crippen LogP contribution in [0.3, 0.4) is 0 Å². The average molecular weight is 441 g/mol. The van der Waals surface area contributed by atoms with Crippen molar-refractivity contribution < 1.29 is 33.6 Å². The Bertz CT molecular complexity index is 1040. The molecule has 2 aromatic carbocycles. The summed E-state index contributed by atoms with van der Waals surface area (Å²) in [6.07, 6.45) is 0.399. The standard InChI is InChI=1S/C24H27NO7/c1-5-31-18-9-7-15(13-20(18)32-6-2)11-12-25-23(27)21(22(26)24(25)28)16-8-10-17(29-3)19(14-16)30-4/h7-10,13-14,26H,5-6,11-12H2,1-4H3. The van der Waals surface area contributed by atoms with Gasteiger partial charge in [0.2, 0.25) is 0 Å². The summed E-state index contributed by atoms with van der Waals surface area (Å²) in [4.78, 5) is 26.6. The van der Waals surface area contributed by atoms with E-state index in [2.05, 4.69) is 0 Å². The Labute approximate surface area is 187 Å². The number of ether oxygens (including phenoxy) is 4. The number of hydrogen-bond donors (Lipinski definition) is 1. The number of methoxy groups -OCH3 is 2. The second-order valence-electron chi connectivity index (χ2n) is 6.95. The van der Waals surface area contributed by atoms with Crippen LogP contribution < -0.4 is 18.9 Å². The largest absolute Gasteiger partial charge is 0.502 e. The first-order valence-corrected chi connectivity index (χ1v) is 10.3. The minimum absolute atomic E-state index is 0.0577. The molecule has 1 aliphatic heterocycles. The zero-order valence-corrected chi connectivity index (χ0v) is 18.6. The van der Waals surface area contributed by atoms with Crippen LogP contribution in [0.2, 0.25) is 0 Å². The Morgan fingerprint density at radius 1 is 0.812 bits per heavy atom. The predicted octanol–water partition coefficient (Wildman–Crippen LogP) is 3.38. The first kappa shape index (κ1) is 23.0. The SMILES string of the molecule is CCOc1ccc(CCN2C(=O)C(O)=C(c3ccc(OC)c(OC)c3)C2=O)cc1OCC. The molecule has 0 aliphatic carbocycles. The fourth-order valence-electron chi connectivity index (χ4n) is 3.51. The average Bonchev–Trinajstić information content (AvgIpc) is 3.01. The summed E-state index contributed by atoms with van der Waals surface area (Å²) in [7, 11) is 2.97. The van der Waals surface area contributed by atoms with E-state index in [4.69, 9.17) is 18.9 Å². The summed E-state index contributed by atoms with van der Waals surface area (Å²) in [6, 6.07) is 10.3. The highest BCUT2D eigenvalue weighted by molar-refractivity contribution is 6.34. The number of carbonyl (C=O) groups excluding carboxylic acids is 2. The lowest BCUT2D eigenvalue weighted by Gasteiger charge is -2.16. The Morgan fingerprint density at radius 2 is 1.47 bits per heavy atom. The molecule has 0 fully saturated rings. The van der Waals surface area contributed by atoms with Crippen molar-refractivity contribution >= 4 is 17.4 Å². The number of amides is 2. The number of imide groups is 1. The third-order valence-corrected chi connectivity index (χ3v) is 5.05. The monoisotopic (exact) mass is 441 g/mol. The van der Waals surface area contributed by atoms with Crippen LogP contribution >= 0.6 is 0 Å². The van der Waals surface area contributed by atoms with Crippen LogP contribution in [0.5, 0.6) is 23.0 Å². The van der Waals surface area contributed by atoms with Gasteiger partial charge >= 0.3 is 0 Å². The van der Waals surface area contributed by atoms with Crippen LogP contribution in [0.25, 0.3) is 5.57 Å². The van der Waals surface area contributed by atoms with Crippen molar-refractivity contribution in [1.82, 2.24) is 4.90 Å². The highest BCUT2D eigenvalue weighted by Gasteiger charge is 2.39. The first-order chi connectivity index (χ1) is 15.4. The van der Waals surface area contributed by atoms with Crippen LogP contribution in [0.15, 0.2) is 42.2 Å². The lowest BCUT2D eigenvalue weighted by atomic mass is 10.0. The molecular weight excluding hydrogens is 414 g/mol. The van der Waals surface area contributed by atoms with Gasteiger partial charge in [0.1, 0.15) is 0 Å². The molecule has 32 heavy (non-hydrogen) atoms. The minimum atomic E-state index is -0.726. The van der Waals surface area contributed by atoms with Gasteiger partial charge in [-0.25, -0.2) is 0 Å². The van der Waals surface area contributed by atoms with Crippen LogP contribution in [-0.4, -0.2) is 55.8 Å². The summed E-state index contributed by atoms with van der Waals surface area (Å²) in [5.41, 5.74) is 1.19. The van der Waals surface area contributed by atoms with Crippen LogP contribution in [0, 0.1) is 0 Å². The first-order valence-electron chi connectivity index (χ1n) is 10.3. The Kier molecular flexibility index (Phi) is 7.25. The highest BCUT2D eigenvalue weighted by Crippen LogP contribution is 2.35. The Hall–Kier alpha value is -3.68. The third-order valence-electron chi connectivity index (χ3n) is 5.05. The molecule has 0 bridgehead atoms. The fourth-order valence-corrected chi connectivity index (χ4v) is 3.51. The molecule has 2 amide bonds. The predicted molar refractivity (Wildman–Crippen MR) is 118 cm³/mol. The van der Waals surface area contributed by atoms with E-state index in [0.717, 1.165) is 10.5 Å². The van der Waals surface area contributed by atoms with E-state index in [0.29, 0.717) is 48.2 Å². The van der Waals surface area contributed by atoms with E-state index in [-0.39, 0.29) is 12.1 Å². The maximum Gasteiger partial charge on any atom is 0.296 e. The van der Waals surface area contributed by atoms with Gasteiger partial charge in [-0.1, -0.05) is 12.1 Å². The molecule has 0 unspecified atom stereocenters. The normalized spacial score (nSPS) is 13.6. The van der Waals surface area contributed by atoms with Gasteiger partial charge in [0, 0.05) is 6.54 Å². The number of nitrogens with zero attached hydrogens (tertiary/aromatic N) is 1. The second kappa shape index (κ2) is 10.1. The third kappa shape index (κ3) is 4.49. The van der Waals surface area contributed by atoms with E-state index < -0.39 is 17.6 Å². The molecule has 0 aromatic heterocycles. The summed E-state index contributed by atoms with van der Waals surface area (Å²) in [5, 5.41) is 10.4. The Balaban J connectivity index is 1.78. The van der Waals surface area contributed by atoms with Gasteiger partial charge in [0.25, 0.3) is 11.8 Å². The number of hydrogen-bond acceptors (Lipinski definition) is 7. The fraction of sp³-hybridized carbons (Fsp3) is 0.333. The quantitative estimate of drug-likeness (QED) is 0.565. The molecule has 0 radical (unpaired) electrons. The summed E-state index contributed by atoms with van der Waals surface area (Å²) in [6.45, 7) is 4.88. The zero-order chi connectivity index (χ0) is 23.3. The van der Waals surface area contributed by atoms with E-state index in [1.165, 1.54) is 14.2 Å². The molecule has 170 valence electrons. The van der Waals surface area contributed by atoms with E-state index in [9.17, 15) is 14.7 Å². The second-order valence-corrected chi connectivity index (χ2v) is 6.95. The number of carbonyl (C=O) groups is 2. The summed E-state index contributed by atoms with van der Waals surface area (Å²) >= 11 is 0. The maximum atomic E-state index is 13.0. The molecule has 0 saturated carbocycles. The van der Waals surface area contributed by atoms with Crippen molar-refractivity contribution in [3.05, 3.63) is 53.3 Å². The van der Waals surface area contributed by atoms with Gasteiger partial charge in [-0.2, -0.15) is 0 Å². The van der Waals surface area contributed by atoms with E-state index >= 15 is 0 Å². The van der Waals surface area contributed by atoms with Crippen LogP contribution in [-0.2, 0) is 16.0 Å². The molecule has 0 saturated heterocycles. The molecular formula is C24H27NO7. The number of benzene rings is 2. The van der Waals surface area contributed by atoms with Gasteiger partial charge in [-0.3, -0.25) is 14.5 Å². The summed E-state index contributed by atoms with van der Waals surface area (Å²) in [5.74, 6) is 0.252. The molecule has 1 aliphatic rings. The lowest BCUT2D eigenvalue weighted by Crippen LogP contribution is -2.33. The molecule has 2 aromatic rings. The van der Waals surface area contributed by atoms with Crippen molar-refractivity contribution in [3.63, 3.8) is 0 Å². The Morgan fingerprint density at radius 3 is 2.12 bits per heavy atom. The molecule has 3 rings (SSSR count). The molecule has 1 heterocycles. The topological polar surface area (TPSA) is 94.5 Å². The van der Waals surface area contributed by atoms with Crippen molar-refractivity contribution in [2.24, 2.45) is 0 Å². The lowest BCUT2D eigenvalue weighted by molar-refractivity contribution is -0.138. The van der Waals surface area contributed by atoms with E-state index in [1.54, 1.807) is 18.2 Å². The molecule has 8 heteroatoms. The zero-order valence-electron chi connectivity index (χ0n) is 18.6. The smallest absolute Gasteiger partial charge is 0.296 e. The van der Waals surface area contributed by atoms with Crippen molar-refractivity contribution in [2.75, 3.05) is 34.0 Å². The van der Waals surface area contributed by atoms with Gasteiger partial charge in [0.15, 0.2) is 28.8 Å². The van der Waals surface area contributed by atoms with Crippen LogP contribution in [0.1, 0.15) is 25.0 Å². The van der Waals surface area contributed by atoms with Crippen molar-refractivity contribution in [1.29, 1.82) is 0 Å². The molecule has 1 N–H and O–H groups in total. The maximum absolute atomic E-state index is 13.0. The van der Waals surface area contributed by atoms with Crippen molar-refractivity contribution in [2.45, 2.75) is 20.3 Å². The molecule has 8 nitrogen and oxygen atoms in total. The summed E-state index contributed by atoms with van der Waals surface area (Å²) < 4.78 is 21.7. The number of rotatable bonds is 10. The van der Waals surface area contributed by atoms with Gasteiger partial charge in [-0.15, -0.1) is 0 Å². The minimum Gasteiger partial charge on any atom is -0.502 e. The molecule has 0 atom stereocenters. The van der Waals surface area contributed by atoms with Gasteiger partial charge < -0.3 is 24.1 Å². The highest BCUT2D eigenvalue weighted by atomic mass is 16.5. The van der Waals surface area contributed by atoms with Crippen LogP contribution in [0.4, 0.5) is 0 Å². The van der Waals surface area contributed by atoms with Crippen molar-refractivity contribution in [3.8, 4) is 23.0 Å². The van der Waals surface area contributed by atoms with Gasteiger partial charge in [0.05, 0.1) is 33.0 Å². The van der Waals surface area contributed by atoms with E-state index in [1.807, 2.05) is 32.0 Å². The number of aliphatic hydroxyl groups excluding tert-OH is 1. The molecule has 0 spiro atoms. The number of aliphatic hydroxyl groups is 1. The van der Waals surface area contributed by atoms with Gasteiger partial charge in [-0.05, 0) is 55.7 Å².